The summed E-state index contributed by atoms with van der Waals surface area (Å²) < 4.78 is 20.0. The average molecular weight is 280 g/mol. The third kappa shape index (κ3) is 3.36. The van der Waals surface area contributed by atoms with Crippen molar-refractivity contribution < 1.29 is 8.76 Å². The van der Waals surface area contributed by atoms with Gasteiger partial charge >= 0.3 is 0 Å². The topological polar surface area (TPSA) is 126 Å². The van der Waals surface area contributed by atoms with Gasteiger partial charge in [0.15, 0.2) is 11.1 Å². The Morgan fingerprint density at radius 2 is 2.00 bits per heavy atom. The van der Waals surface area contributed by atoms with Gasteiger partial charge < -0.3 is 20.9 Å². The van der Waals surface area contributed by atoms with Crippen molar-refractivity contribution in [1.29, 1.82) is 0 Å². The molecule has 0 saturated heterocycles. The normalized spacial score (nSPS) is 11.9. The lowest BCUT2D eigenvalue weighted by molar-refractivity contribution is 0.564. The summed E-state index contributed by atoms with van der Waals surface area (Å²) in [5, 5.41) is 5.64. The lowest BCUT2D eigenvalue weighted by Crippen LogP contribution is -2.06. The Morgan fingerprint density at radius 1 is 1.26 bits per heavy atom. The first kappa shape index (κ1) is 13.2. The molecule has 9 heteroatoms. The molecule has 5 N–H and O–H groups in total. The van der Waals surface area contributed by atoms with Crippen molar-refractivity contribution in [3.63, 3.8) is 0 Å². The number of anilines is 4. The van der Waals surface area contributed by atoms with Gasteiger partial charge in [0.1, 0.15) is 0 Å². The van der Waals surface area contributed by atoms with Gasteiger partial charge in [0.2, 0.25) is 17.8 Å². The van der Waals surface area contributed by atoms with Crippen LogP contribution < -0.4 is 16.4 Å². The van der Waals surface area contributed by atoms with E-state index in [4.69, 9.17) is 10.3 Å². The number of hydrogen-bond acceptors (Lipinski definition) is 7. The quantitative estimate of drug-likeness (QED) is 0.606. The predicted molar refractivity (Wildman–Crippen MR) is 72.5 cm³/mol. The number of nitrogens with two attached hydrogens (primary N) is 1. The van der Waals surface area contributed by atoms with Crippen molar-refractivity contribution in [1.82, 2.24) is 15.0 Å². The van der Waals surface area contributed by atoms with E-state index in [-0.39, 0.29) is 16.8 Å². The van der Waals surface area contributed by atoms with Crippen LogP contribution in [-0.2, 0) is 11.1 Å². The standard InChI is InChI=1S/C10H12N6O2S/c1-12-9-14-8(11)15-10(16-9)13-6-3-2-4-7(5-6)19(17)18/h2-5H,1H3,(H,17,18)(H4,11,12,13,14,15,16). The van der Waals surface area contributed by atoms with Gasteiger partial charge in [0.05, 0.1) is 4.90 Å². The van der Waals surface area contributed by atoms with Crippen molar-refractivity contribution in [2.45, 2.75) is 4.90 Å². The van der Waals surface area contributed by atoms with Crippen LogP contribution in [0.15, 0.2) is 29.2 Å². The number of hydrogen-bond donors (Lipinski definition) is 4. The molecule has 1 aromatic carbocycles. The Bertz CT molecular complexity index is 621. The molecule has 0 bridgehead atoms. The van der Waals surface area contributed by atoms with Crippen LogP contribution in [0.3, 0.4) is 0 Å². The van der Waals surface area contributed by atoms with E-state index < -0.39 is 11.1 Å². The van der Waals surface area contributed by atoms with E-state index in [1.807, 2.05) is 0 Å². The highest BCUT2D eigenvalue weighted by Crippen LogP contribution is 2.17. The van der Waals surface area contributed by atoms with Crippen LogP contribution >= 0.6 is 0 Å². The van der Waals surface area contributed by atoms with Gasteiger partial charge in [0, 0.05) is 12.7 Å². The van der Waals surface area contributed by atoms with E-state index in [0.29, 0.717) is 11.6 Å². The minimum atomic E-state index is -2.04. The molecular weight excluding hydrogens is 268 g/mol. The molecule has 1 atom stereocenters. The molecule has 1 heterocycles. The zero-order valence-electron chi connectivity index (χ0n) is 9.99. The number of nitrogens with zero attached hydrogens (tertiary/aromatic N) is 3. The van der Waals surface area contributed by atoms with E-state index in [1.165, 1.54) is 6.07 Å². The number of aromatic nitrogens is 3. The fourth-order valence-electron chi connectivity index (χ4n) is 1.37. The second-order valence-electron chi connectivity index (χ2n) is 3.49. The van der Waals surface area contributed by atoms with Gasteiger partial charge in [-0.1, -0.05) is 6.07 Å². The Kier molecular flexibility index (Phi) is 3.88. The zero-order valence-corrected chi connectivity index (χ0v) is 10.8. The van der Waals surface area contributed by atoms with Crippen LogP contribution in [0.2, 0.25) is 0 Å². The molecule has 2 aromatic rings. The fourth-order valence-corrected chi connectivity index (χ4v) is 1.79. The second-order valence-corrected chi connectivity index (χ2v) is 4.46. The van der Waals surface area contributed by atoms with Gasteiger partial charge in [-0.2, -0.15) is 15.0 Å². The van der Waals surface area contributed by atoms with Crippen molar-refractivity contribution in [3.05, 3.63) is 24.3 Å². The minimum Gasteiger partial charge on any atom is -0.368 e. The molecule has 19 heavy (non-hydrogen) atoms. The maximum absolute atomic E-state index is 11.0. The summed E-state index contributed by atoms with van der Waals surface area (Å²) in [6, 6.07) is 6.43. The summed E-state index contributed by atoms with van der Waals surface area (Å²) in [4.78, 5) is 12.1. The molecule has 2 rings (SSSR count). The number of nitrogen functional groups attached to an aromatic ring is 1. The Labute approximate surface area is 111 Å². The van der Waals surface area contributed by atoms with Crippen LogP contribution in [0, 0.1) is 0 Å². The van der Waals surface area contributed by atoms with E-state index in [0.717, 1.165) is 0 Å². The first-order valence-corrected chi connectivity index (χ1v) is 6.36. The maximum atomic E-state index is 11.0. The van der Waals surface area contributed by atoms with Gasteiger partial charge in [-0.3, -0.25) is 0 Å². The summed E-state index contributed by atoms with van der Waals surface area (Å²) in [5.41, 5.74) is 6.11. The van der Waals surface area contributed by atoms with E-state index in [9.17, 15) is 4.21 Å². The summed E-state index contributed by atoms with van der Waals surface area (Å²) in [6.07, 6.45) is 0. The first-order chi connectivity index (χ1) is 9.08. The van der Waals surface area contributed by atoms with E-state index in [2.05, 4.69) is 25.6 Å². The Hall–Kier alpha value is -2.26. The third-order valence-corrected chi connectivity index (χ3v) is 2.83. The average Bonchev–Trinajstić information content (AvgIpc) is 2.38. The maximum Gasteiger partial charge on any atom is 0.233 e. The zero-order chi connectivity index (χ0) is 13.8. The highest BCUT2D eigenvalue weighted by atomic mass is 32.2. The van der Waals surface area contributed by atoms with Crippen molar-refractivity contribution in [2.75, 3.05) is 23.4 Å². The summed E-state index contributed by atoms with van der Waals surface area (Å²) in [7, 11) is 1.66. The Morgan fingerprint density at radius 3 is 2.68 bits per heavy atom. The molecule has 0 radical (unpaired) electrons. The highest BCUT2D eigenvalue weighted by Gasteiger charge is 2.05. The highest BCUT2D eigenvalue weighted by molar-refractivity contribution is 7.79. The first-order valence-electron chi connectivity index (χ1n) is 5.26. The summed E-state index contributed by atoms with van der Waals surface area (Å²) in [5.74, 6) is 0.651. The van der Waals surface area contributed by atoms with Crippen LogP contribution in [0.25, 0.3) is 0 Å². The SMILES string of the molecule is CNc1nc(N)nc(Nc2cccc(S(=O)O)c2)n1. The van der Waals surface area contributed by atoms with Gasteiger partial charge in [-0.15, -0.1) is 0 Å². The molecule has 0 fully saturated rings. The number of rotatable bonds is 4. The molecule has 1 aromatic heterocycles. The number of benzene rings is 1. The molecule has 0 aliphatic rings. The molecule has 0 spiro atoms. The summed E-state index contributed by atoms with van der Waals surface area (Å²) >= 11 is -2.04. The smallest absolute Gasteiger partial charge is 0.233 e. The lowest BCUT2D eigenvalue weighted by atomic mass is 10.3. The molecular formula is C10H12N6O2S. The third-order valence-electron chi connectivity index (χ3n) is 2.17. The molecule has 0 amide bonds. The molecule has 0 aliphatic carbocycles. The predicted octanol–water partition coefficient (Wildman–Crippen LogP) is 0.820. The summed E-state index contributed by atoms with van der Waals surface area (Å²) in [6.45, 7) is 0. The lowest BCUT2D eigenvalue weighted by Gasteiger charge is -2.07. The number of nitrogens with one attached hydrogen (secondary N) is 2. The fraction of sp³-hybridized carbons (Fsp3) is 0.100. The van der Waals surface area contributed by atoms with Crippen LogP contribution in [0.4, 0.5) is 23.5 Å². The minimum absolute atomic E-state index is 0.0729. The van der Waals surface area contributed by atoms with Gasteiger partial charge in [0.25, 0.3) is 0 Å². The monoisotopic (exact) mass is 280 g/mol. The van der Waals surface area contributed by atoms with Gasteiger partial charge in [-0.05, 0) is 18.2 Å². The second kappa shape index (κ2) is 5.59. The molecule has 1 unspecified atom stereocenters. The van der Waals surface area contributed by atoms with E-state index >= 15 is 0 Å². The van der Waals surface area contributed by atoms with E-state index in [1.54, 1.807) is 25.2 Å². The van der Waals surface area contributed by atoms with Crippen LogP contribution in [0.1, 0.15) is 0 Å². The molecule has 100 valence electrons. The largest absolute Gasteiger partial charge is 0.368 e. The van der Waals surface area contributed by atoms with Crippen LogP contribution in [0.5, 0.6) is 0 Å². The molecule has 8 nitrogen and oxygen atoms in total. The molecule has 0 aliphatic heterocycles. The van der Waals surface area contributed by atoms with Crippen LogP contribution in [-0.4, -0.2) is 30.8 Å². The Balaban J connectivity index is 2.28. The van der Waals surface area contributed by atoms with Gasteiger partial charge in [-0.25, -0.2) is 4.21 Å². The van der Waals surface area contributed by atoms with Crippen molar-refractivity contribution in [3.8, 4) is 0 Å². The molecule has 0 saturated carbocycles. The van der Waals surface area contributed by atoms with Crippen molar-refractivity contribution >= 4 is 34.6 Å². The van der Waals surface area contributed by atoms with Crippen molar-refractivity contribution in [2.24, 2.45) is 0 Å².